The van der Waals surface area contributed by atoms with Crippen molar-refractivity contribution in [2.45, 2.75) is 64.6 Å². The summed E-state index contributed by atoms with van der Waals surface area (Å²) in [6, 6.07) is 0.161. The molecule has 0 heterocycles. The van der Waals surface area contributed by atoms with Crippen LogP contribution in [0.15, 0.2) is 0 Å². The van der Waals surface area contributed by atoms with Gasteiger partial charge in [-0.15, -0.1) is 0 Å². The highest BCUT2D eigenvalue weighted by Gasteiger charge is 2.42. The molecule has 0 aliphatic heterocycles. The van der Waals surface area contributed by atoms with E-state index >= 15 is 0 Å². The highest BCUT2D eigenvalue weighted by atomic mass is 19.4. The highest BCUT2D eigenvalue weighted by Crippen LogP contribution is 2.41. The van der Waals surface area contributed by atoms with Gasteiger partial charge >= 0.3 is 6.18 Å². The predicted octanol–water partition coefficient (Wildman–Crippen LogP) is 3.62. The van der Waals surface area contributed by atoms with Crippen LogP contribution in [0.5, 0.6) is 0 Å². The Morgan fingerprint density at radius 1 is 1.11 bits per heavy atom. The average molecular weight is 266 g/mol. The number of hydrogen-bond donors (Lipinski definition) is 2. The Balaban J connectivity index is 2.55. The zero-order valence-electron chi connectivity index (χ0n) is 11.3. The van der Waals surface area contributed by atoms with Gasteiger partial charge in [-0.25, -0.2) is 0 Å². The minimum absolute atomic E-state index is 0.161. The summed E-state index contributed by atoms with van der Waals surface area (Å²) >= 11 is 0. The molecule has 1 rings (SSSR count). The van der Waals surface area contributed by atoms with Crippen LogP contribution in [0.1, 0.15) is 52.4 Å². The molecular weight excluding hydrogens is 241 g/mol. The van der Waals surface area contributed by atoms with Gasteiger partial charge in [0.25, 0.3) is 0 Å². The second-order valence-electron chi connectivity index (χ2n) is 5.42. The van der Waals surface area contributed by atoms with Gasteiger partial charge in [0.1, 0.15) is 0 Å². The Hall–Kier alpha value is -0.290. The minimum atomic E-state index is -4.02. The van der Waals surface area contributed by atoms with Crippen molar-refractivity contribution in [3.05, 3.63) is 0 Å². The highest BCUT2D eigenvalue weighted by molar-refractivity contribution is 4.86. The van der Waals surface area contributed by atoms with Crippen molar-refractivity contribution in [2.75, 3.05) is 0 Å². The Morgan fingerprint density at radius 2 is 1.61 bits per heavy atom. The van der Waals surface area contributed by atoms with Crippen molar-refractivity contribution < 1.29 is 13.2 Å². The lowest BCUT2D eigenvalue weighted by molar-refractivity contribution is -0.184. The minimum Gasteiger partial charge on any atom is -0.271 e. The fourth-order valence-corrected chi connectivity index (χ4v) is 3.26. The van der Waals surface area contributed by atoms with Gasteiger partial charge in [0.15, 0.2) is 0 Å². The molecule has 0 saturated heterocycles. The molecule has 2 nitrogen and oxygen atoms in total. The summed E-state index contributed by atoms with van der Waals surface area (Å²) < 4.78 is 37.8. The molecule has 1 saturated carbocycles. The fraction of sp³-hybridized carbons (Fsp3) is 1.00. The molecule has 0 aromatic heterocycles. The maximum absolute atomic E-state index is 12.6. The van der Waals surface area contributed by atoms with Crippen molar-refractivity contribution in [1.82, 2.24) is 5.43 Å². The van der Waals surface area contributed by atoms with Crippen LogP contribution in [0.2, 0.25) is 0 Å². The van der Waals surface area contributed by atoms with Crippen LogP contribution in [0.3, 0.4) is 0 Å². The van der Waals surface area contributed by atoms with E-state index in [1.807, 2.05) is 0 Å². The molecule has 0 amide bonds. The SMILES string of the molecule is CCC(CC)C(NN)C1CCC(C(F)(F)F)CC1. The fourth-order valence-electron chi connectivity index (χ4n) is 3.26. The lowest BCUT2D eigenvalue weighted by atomic mass is 9.74. The topological polar surface area (TPSA) is 38.0 Å². The average Bonchev–Trinajstić information content (AvgIpc) is 2.35. The molecule has 0 bridgehead atoms. The summed E-state index contributed by atoms with van der Waals surface area (Å²) in [5.74, 6) is 5.25. The normalized spacial score (nSPS) is 27.5. The first-order valence-corrected chi connectivity index (χ1v) is 6.96. The molecule has 18 heavy (non-hydrogen) atoms. The van der Waals surface area contributed by atoms with E-state index in [4.69, 9.17) is 5.84 Å². The van der Waals surface area contributed by atoms with Crippen LogP contribution < -0.4 is 11.3 Å². The monoisotopic (exact) mass is 266 g/mol. The van der Waals surface area contributed by atoms with Crippen LogP contribution in [0.25, 0.3) is 0 Å². The number of hydrazine groups is 1. The third kappa shape index (κ3) is 3.85. The molecule has 0 spiro atoms. The van der Waals surface area contributed by atoms with E-state index in [1.165, 1.54) is 0 Å². The number of halogens is 3. The number of hydrogen-bond acceptors (Lipinski definition) is 2. The van der Waals surface area contributed by atoms with E-state index in [-0.39, 0.29) is 18.9 Å². The van der Waals surface area contributed by atoms with Crippen molar-refractivity contribution in [1.29, 1.82) is 0 Å². The standard InChI is InChI=1S/C13H25F3N2/c1-3-9(4-2)12(18-17)10-5-7-11(8-6-10)13(14,15)16/h9-12,18H,3-8,17H2,1-2H3. The Morgan fingerprint density at radius 3 is 1.94 bits per heavy atom. The molecule has 1 unspecified atom stereocenters. The number of nitrogens with one attached hydrogen (secondary N) is 1. The summed E-state index contributed by atoms with van der Waals surface area (Å²) in [6.45, 7) is 4.22. The summed E-state index contributed by atoms with van der Waals surface area (Å²) in [5.41, 5.74) is 2.85. The Kier molecular flexibility index (Phi) is 5.92. The maximum atomic E-state index is 12.6. The zero-order valence-corrected chi connectivity index (χ0v) is 11.3. The van der Waals surface area contributed by atoms with Crippen molar-refractivity contribution in [3.8, 4) is 0 Å². The molecule has 5 heteroatoms. The second-order valence-corrected chi connectivity index (χ2v) is 5.42. The van der Waals surface area contributed by atoms with Gasteiger partial charge in [0, 0.05) is 6.04 Å². The molecule has 1 fully saturated rings. The van der Waals surface area contributed by atoms with E-state index in [0.29, 0.717) is 24.7 Å². The van der Waals surface area contributed by atoms with Crippen LogP contribution in [-0.2, 0) is 0 Å². The molecule has 1 aliphatic rings. The van der Waals surface area contributed by atoms with Gasteiger partial charge < -0.3 is 0 Å². The number of alkyl halides is 3. The van der Waals surface area contributed by atoms with Gasteiger partial charge in [-0.2, -0.15) is 13.2 Å². The molecular formula is C13H25F3N2. The predicted molar refractivity (Wildman–Crippen MR) is 66.7 cm³/mol. The van der Waals surface area contributed by atoms with E-state index in [1.54, 1.807) is 0 Å². The molecule has 0 radical (unpaired) electrons. The molecule has 108 valence electrons. The van der Waals surface area contributed by atoms with E-state index in [0.717, 1.165) is 12.8 Å². The van der Waals surface area contributed by atoms with Gasteiger partial charge in [-0.1, -0.05) is 26.7 Å². The number of rotatable bonds is 5. The molecule has 1 atom stereocenters. The van der Waals surface area contributed by atoms with Gasteiger partial charge in [0.05, 0.1) is 5.92 Å². The van der Waals surface area contributed by atoms with Crippen LogP contribution in [0, 0.1) is 17.8 Å². The zero-order chi connectivity index (χ0) is 13.8. The summed E-state index contributed by atoms with van der Waals surface area (Å²) in [4.78, 5) is 0. The first-order valence-electron chi connectivity index (χ1n) is 6.96. The maximum Gasteiger partial charge on any atom is 0.391 e. The largest absolute Gasteiger partial charge is 0.391 e. The lowest BCUT2D eigenvalue weighted by Crippen LogP contribution is -2.47. The van der Waals surface area contributed by atoms with Crippen molar-refractivity contribution in [3.63, 3.8) is 0 Å². The van der Waals surface area contributed by atoms with Crippen LogP contribution in [0.4, 0.5) is 13.2 Å². The van der Waals surface area contributed by atoms with Gasteiger partial charge in [-0.3, -0.25) is 11.3 Å². The quantitative estimate of drug-likeness (QED) is 0.589. The lowest BCUT2D eigenvalue weighted by Gasteiger charge is -2.37. The number of nitrogens with two attached hydrogens (primary N) is 1. The van der Waals surface area contributed by atoms with Gasteiger partial charge in [0.2, 0.25) is 0 Å². The molecule has 0 aromatic rings. The van der Waals surface area contributed by atoms with Crippen LogP contribution >= 0.6 is 0 Å². The van der Waals surface area contributed by atoms with Crippen LogP contribution in [-0.4, -0.2) is 12.2 Å². The smallest absolute Gasteiger partial charge is 0.271 e. The summed E-state index contributed by atoms with van der Waals surface area (Å²) in [7, 11) is 0. The third-order valence-electron chi connectivity index (χ3n) is 4.49. The van der Waals surface area contributed by atoms with Crippen molar-refractivity contribution in [2.24, 2.45) is 23.6 Å². The summed E-state index contributed by atoms with van der Waals surface area (Å²) in [5, 5.41) is 0. The molecule has 1 aliphatic carbocycles. The Bertz CT molecular complexity index is 231. The second kappa shape index (κ2) is 6.75. The van der Waals surface area contributed by atoms with Crippen molar-refractivity contribution >= 4 is 0 Å². The van der Waals surface area contributed by atoms with Gasteiger partial charge in [-0.05, 0) is 37.5 Å². The first-order chi connectivity index (χ1) is 8.43. The summed E-state index contributed by atoms with van der Waals surface area (Å²) in [6.07, 6.45) is -0.204. The third-order valence-corrected chi connectivity index (χ3v) is 4.49. The molecule has 0 aromatic carbocycles. The Labute approximate surface area is 107 Å². The van der Waals surface area contributed by atoms with E-state index in [9.17, 15) is 13.2 Å². The van der Waals surface area contributed by atoms with E-state index < -0.39 is 12.1 Å². The molecule has 3 N–H and O–H groups in total. The van der Waals surface area contributed by atoms with E-state index in [2.05, 4.69) is 19.3 Å². The first kappa shape index (κ1) is 15.8.